The average molecular weight is 767 g/mol. The second-order valence-electron chi connectivity index (χ2n) is 16.4. The van der Waals surface area contributed by atoms with Crippen LogP contribution in [0.15, 0.2) is 188 Å². The minimum Gasteiger partial charge on any atom is -0.457 e. The molecule has 0 aliphatic carbocycles. The molecular formula is C54H46N4O. The van der Waals surface area contributed by atoms with E-state index in [9.17, 15) is 0 Å². The van der Waals surface area contributed by atoms with Crippen LogP contribution in [0.3, 0.4) is 0 Å². The topological polar surface area (TPSA) is 33.5 Å². The lowest BCUT2D eigenvalue weighted by Gasteiger charge is -2.24. The lowest BCUT2D eigenvalue weighted by atomic mass is 9.88. The van der Waals surface area contributed by atoms with Gasteiger partial charge in [-0.1, -0.05) is 136 Å². The summed E-state index contributed by atoms with van der Waals surface area (Å²) in [4.78, 5) is 9.78. The highest BCUT2D eigenvalue weighted by molar-refractivity contribution is 6.09. The molecule has 10 rings (SSSR count). The first-order chi connectivity index (χ1) is 28.9. The minimum absolute atomic E-state index is 0.00230. The van der Waals surface area contributed by atoms with Crippen LogP contribution >= 0.6 is 0 Å². The van der Waals surface area contributed by atoms with E-state index in [0.717, 1.165) is 53.7 Å². The van der Waals surface area contributed by atoms with Gasteiger partial charge in [0.25, 0.3) is 0 Å². The first-order valence-corrected chi connectivity index (χ1v) is 20.5. The summed E-state index contributed by atoms with van der Waals surface area (Å²) < 4.78 is 8.97. The maximum Gasteiger partial charge on any atom is 0.137 e. The normalized spacial score (nSPS) is 12.7. The molecule has 0 saturated heterocycles. The van der Waals surface area contributed by atoms with Crippen LogP contribution in [-0.4, -0.2) is 22.8 Å². The molecule has 1 aliphatic rings. The van der Waals surface area contributed by atoms with Crippen LogP contribution in [0.5, 0.6) is 11.5 Å². The number of nitrogens with zero attached hydrogens (tertiary/aromatic N) is 4. The van der Waals surface area contributed by atoms with Gasteiger partial charge in [-0.2, -0.15) is 0 Å². The average Bonchev–Trinajstić information content (AvgIpc) is 3.81. The second-order valence-corrected chi connectivity index (χ2v) is 16.4. The summed E-state index contributed by atoms with van der Waals surface area (Å²) >= 11 is 0. The highest BCUT2D eigenvalue weighted by Crippen LogP contribution is 2.43. The summed E-state index contributed by atoms with van der Waals surface area (Å²) in [5.41, 5.74) is 13.4. The fourth-order valence-electron chi connectivity index (χ4n) is 8.69. The molecule has 0 atom stereocenters. The Kier molecular flexibility index (Phi) is 9.22. The number of para-hydroxylation sites is 3. The van der Waals surface area contributed by atoms with Gasteiger partial charge in [-0.05, 0) is 99.8 Å². The van der Waals surface area contributed by atoms with E-state index in [1.54, 1.807) is 0 Å². The molecule has 0 saturated carbocycles. The van der Waals surface area contributed by atoms with Crippen molar-refractivity contribution in [3.8, 4) is 39.6 Å². The third-order valence-electron chi connectivity index (χ3n) is 11.7. The van der Waals surface area contributed by atoms with Crippen LogP contribution < -0.4 is 14.5 Å². The Bertz CT molecular complexity index is 2890. The van der Waals surface area contributed by atoms with Gasteiger partial charge in [-0.3, -0.25) is 4.57 Å². The van der Waals surface area contributed by atoms with E-state index in [1.165, 1.54) is 55.5 Å². The van der Waals surface area contributed by atoms with Crippen molar-refractivity contribution in [3.05, 3.63) is 199 Å². The molecule has 9 aromatic rings. The van der Waals surface area contributed by atoms with Gasteiger partial charge in [-0.15, -0.1) is 0 Å². The molecule has 288 valence electrons. The number of hydrogen-bond donors (Lipinski definition) is 0. The fraction of sp³-hybridized carbons (Fsp3) is 0.130. The number of benzene rings is 7. The van der Waals surface area contributed by atoms with Crippen molar-refractivity contribution in [2.24, 2.45) is 0 Å². The molecule has 5 nitrogen and oxygen atoms in total. The maximum absolute atomic E-state index is 6.71. The zero-order valence-electron chi connectivity index (χ0n) is 33.7. The lowest BCUT2D eigenvalue weighted by Crippen LogP contribution is -2.29. The lowest BCUT2D eigenvalue weighted by molar-refractivity contribution is 0.483. The molecule has 5 heteroatoms. The third-order valence-corrected chi connectivity index (χ3v) is 11.7. The molecular weight excluding hydrogens is 721 g/mol. The quantitative estimate of drug-likeness (QED) is 0.146. The molecule has 0 bridgehead atoms. The first-order valence-electron chi connectivity index (χ1n) is 20.5. The number of fused-ring (bicyclic) bond motifs is 4. The smallest absolute Gasteiger partial charge is 0.137 e. The molecule has 0 unspecified atom stereocenters. The summed E-state index contributed by atoms with van der Waals surface area (Å²) in [5, 5.41) is 2.36. The van der Waals surface area contributed by atoms with Crippen LogP contribution in [0.1, 0.15) is 31.9 Å². The Balaban J connectivity index is 0.952. The Morgan fingerprint density at radius 2 is 1.20 bits per heavy atom. The molecule has 0 amide bonds. The fourth-order valence-corrected chi connectivity index (χ4v) is 8.69. The van der Waals surface area contributed by atoms with Crippen molar-refractivity contribution in [1.82, 2.24) is 9.55 Å². The van der Waals surface area contributed by atoms with E-state index < -0.39 is 0 Å². The van der Waals surface area contributed by atoms with Crippen molar-refractivity contribution < 1.29 is 4.74 Å². The molecule has 0 fully saturated rings. The molecule has 3 heterocycles. The van der Waals surface area contributed by atoms with Crippen molar-refractivity contribution in [2.75, 3.05) is 23.0 Å². The van der Waals surface area contributed by atoms with Crippen LogP contribution in [0.2, 0.25) is 0 Å². The number of ether oxygens (including phenoxy) is 1. The van der Waals surface area contributed by atoms with Crippen molar-refractivity contribution in [3.63, 3.8) is 0 Å². The molecule has 0 radical (unpaired) electrons. The molecule has 1 aliphatic heterocycles. The Hall–Kier alpha value is -7.11. The van der Waals surface area contributed by atoms with Crippen molar-refractivity contribution >= 4 is 38.9 Å². The molecule has 0 N–H and O–H groups in total. The minimum atomic E-state index is 0.00230. The number of anilines is 3. The molecule has 2 aromatic heterocycles. The van der Waals surface area contributed by atoms with Gasteiger partial charge in [0.1, 0.15) is 17.3 Å². The van der Waals surface area contributed by atoms with Gasteiger partial charge in [0.05, 0.1) is 29.1 Å². The Morgan fingerprint density at radius 3 is 1.95 bits per heavy atom. The van der Waals surface area contributed by atoms with E-state index >= 15 is 0 Å². The summed E-state index contributed by atoms with van der Waals surface area (Å²) in [5.74, 6) is 2.47. The monoisotopic (exact) mass is 766 g/mol. The summed E-state index contributed by atoms with van der Waals surface area (Å²) in [6, 6.07) is 64.8. The summed E-state index contributed by atoms with van der Waals surface area (Å²) in [6.07, 6.45) is 2.82. The predicted molar refractivity (Wildman–Crippen MR) is 246 cm³/mol. The van der Waals surface area contributed by atoms with Gasteiger partial charge >= 0.3 is 0 Å². The molecule has 7 aromatic carbocycles. The Morgan fingerprint density at radius 1 is 0.559 bits per heavy atom. The van der Waals surface area contributed by atoms with E-state index in [2.05, 4.69) is 211 Å². The van der Waals surface area contributed by atoms with Crippen LogP contribution in [-0.2, 0) is 11.8 Å². The maximum atomic E-state index is 6.71. The largest absolute Gasteiger partial charge is 0.457 e. The Labute approximate surface area is 346 Å². The number of aromatic nitrogens is 2. The molecule has 0 spiro atoms. The van der Waals surface area contributed by atoms with E-state index in [0.29, 0.717) is 0 Å². The third kappa shape index (κ3) is 6.89. The van der Waals surface area contributed by atoms with E-state index in [1.807, 2.05) is 12.3 Å². The highest BCUT2D eigenvalue weighted by Gasteiger charge is 2.27. The summed E-state index contributed by atoms with van der Waals surface area (Å²) in [6.45, 7) is 8.33. The summed E-state index contributed by atoms with van der Waals surface area (Å²) in [7, 11) is 0. The highest BCUT2D eigenvalue weighted by atomic mass is 16.5. The number of pyridine rings is 1. The standard InChI is InChI=1S/C54H46N4O/c1-54(2,3)40-30-32-55-53(34-40)58-49-25-11-10-22-47(49)48-29-28-43(36-52(48)58)59-42-21-14-20-41(35-42)57-37-56(50-26-12-13-27-51(50)57)33-31-46-44(38-16-6-4-7-17-38)23-15-24-45(46)39-18-8-5-9-19-39/h4-30,32,34-36H,31,33,37H2,1-3H3. The number of hydrogen-bond acceptors (Lipinski definition) is 4. The zero-order chi connectivity index (χ0) is 39.9. The molecule has 59 heavy (non-hydrogen) atoms. The zero-order valence-corrected chi connectivity index (χ0v) is 33.7. The van der Waals surface area contributed by atoms with Crippen molar-refractivity contribution in [1.29, 1.82) is 0 Å². The second kappa shape index (κ2) is 15.0. The SMILES string of the molecule is CC(C)(C)c1ccnc(-n2c3ccccc3c3ccc(Oc4cccc(N5CN(CCc6c(-c7ccccc7)cccc6-c6ccccc6)c6ccccc65)c4)cc32)c1. The van der Waals surface area contributed by atoms with Crippen LogP contribution in [0.25, 0.3) is 49.9 Å². The van der Waals surface area contributed by atoms with Gasteiger partial charge in [0, 0.05) is 41.3 Å². The van der Waals surface area contributed by atoms with Crippen LogP contribution in [0, 0.1) is 0 Å². The van der Waals surface area contributed by atoms with Gasteiger partial charge in [0.2, 0.25) is 0 Å². The van der Waals surface area contributed by atoms with Gasteiger partial charge in [-0.25, -0.2) is 4.98 Å². The van der Waals surface area contributed by atoms with Crippen LogP contribution in [0.4, 0.5) is 17.1 Å². The van der Waals surface area contributed by atoms with E-state index in [4.69, 9.17) is 9.72 Å². The van der Waals surface area contributed by atoms with Gasteiger partial charge < -0.3 is 14.5 Å². The predicted octanol–water partition coefficient (Wildman–Crippen LogP) is 13.8. The number of rotatable bonds is 9. The first kappa shape index (κ1) is 36.2. The van der Waals surface area contributed by atoms with Gasteiger partial charge in [0.15, 0.2) is 0 Å². The van der Waals surface area contributed by atoms with E-state index in [-0.39, 0.29) is 5.41 Å². The van der Waals surface area contributed by atoms with Crippen molar-refractivity contribution in [2.45, 2.75) is 32.6 Å².